The van der Waals surface area contributed by atoms with Gasteiger partial charge in [0, 0.05) is 6.54 Å². The maximum Gasteiger partial charge on any atom is 0.119 e. The number of hydrogen-bond donors (Lipinski definition) is 1. The molecule has 4 aromatic carbocycles. The molecule has 162 valence electrons. The van der Waals surface area contributed by atoms with E-state index in [0.717, 1.165) is 18.9 Å². The Morgan fingerprint density at radius 1 is 0.625 bits per heavy atom. The lowest BCUT2D eigenvalue weighted by molar-refractivity contribution is 0.271. The molecule has 1 N–H and O–H groups in total. The molecule has 0 aromatic heterocycles. The monoisotopic (exact) mass is 421 g/mol. The van der Waals surface area contributed by atoms with Gasteiger partial charge in [-0.05, 0) is 40.3 Å². The molecule has 0 saturated heterocycles. The van der Waals surface area contributed by atoms with E-state index in [9.17, 15) is 0 Å². The lowest BCUT2D eigenvalue weighted by atomic mass is 9.77. The summed E-state index contributed by atoms with van der Waals surface area (Å²) in [6, 6.07) is 40.5. The van der Waals surface area contributed by atoms with E-state index in [2.05, 4.69) is 134 Å². The highest BCUT2D eigenvalue weighted by molar-refractivity contribution is 5.49. The van der Waals surface area contributed by atoms with Crippen LogP contribution in [0.5, 0.6) is 5.75 Å². The molecule has 0 radical (unpaired) electrons. The summed E-state index contributed by atoms with van der Waals surface area (Å²) in [7, 11) is 0. The van der Waals surface area contributed by atoms with Gasteiger partial charge in [0.2, 0.25) is 0 Å². The van der Waals surface area contributed by atoms with Crippen LogP contribution in [0.4, 0.5) is 0 Å². The van der Waals surface area contributed by atoms with Crippen molar-refractivity contribution >= 4 is 0 Å². The van der Waals surface area contributed by atoms with Crippen molar-refractivity contribution in [2.45, 2.75) is 25.9 Å². The van der Waals surface area contributed by atoms with E-state index >= 15 is 0 Å². The summed E-state index contributed by atoms with van der Waals surface area (Å²) in [5.41, 5.74) is 4.41. The predicted molar refractivity (Wildman–Crippen MR) is 133 cm³/mol. The number of nitrogens with one attached hydrogen (secondary N) is 1. The van der Waals surface area contributed by atoms with Crippen LogP contribution < -0.4 is 10.1 Å². The van der Waals surface area contributed by atoms with Crippen LogP contribution >= 0.6 is 0 Å². The van der Waals surface area contributed by atoms with Crippen LogP contribution in [-0.4, -0.2) is 6.61 Å². The van der Waals surface area contributed by atoms with Crippen LogP contribution in [-0.2, 0) is 12.1 Å². The fraction of sp³-hybridized carbons (Fsp3) is 0.200. The van der Waals surface area contributed by atoms with Gasteiger partial charge in [0.25, 0.3) is 0 Å². The van der Waals surface area contributed by atoms with Crippen molar-refractivity contribution in [1.29, 1.82) is 0 Å². The minimum atomic E-state index is -0.462. The molecule has 0 aliphatic heterocycles. The first-order chi connectivity index (χ1) is 15.7. The number of rotatable bonds is 9. The van der Waals surface area contributed by atoms with Crippen molar-refractivity contribution < 1.29 is 4.74 Å². The van der Waals surface area contributed by atoms with Gasteiger partial charge in [0.1, 0.15) is 5.75 Å². The molecule has 0 amide bonds. The van der Waals surface area contributed by atoms with Crippen molar-refractivity contribution in [3.8, 4) is 5.75 Å². The van der Waals surface area contributed by atoms with Crippen LogP contribution in [0.2, 0.25) is 0 Å². The molecule has 2 heteroatoms. The Labute approximate surface area is 191 Å². The standard InChI is InChI=1S/C30H31NO/c1-24(2)23-32-29-20-18-25(19-21-29)22-31-30(26-12-6-3-7-13-26,27-14-8-4-9-15-27)28-16-10-5-11-17-28/h3-21,24,31H,22-23H2,1-2H3. The van der Waals surface area contributed by atoms with E-state index in [1.54, 1.807) is 0 Å². The summed E-state index contributed by atoms with van der Waals surface area (Å²) in [4.78, 5) is 0. The molecule has 0 saturated carbocycles. The Hall–Kier alpha value is -3.36. The average Bonchev–Trinajstić information content (AvgIpc) is 2.86. The molecule has 0 atom stereocenters. The van der Waals surface area contributed by atoms with Gasteiger partial charge in [-0.3, -0.25) is 5.32 Å². The predicted octanol–water partition coefficient (Wildman–Crippen LogP) is 6.80. The van der Waals surface area contributed by atoms with Crippen LogP contribution in [0.15, 0.2) is 115 Å². The molecular weight excluding hydrogens is 390 g/mol. The smallest absolute Gasteiger partial charge is 0.119 e. The van der Waals surface area contributed by atoms with Crippen molar-refractivity contribution in [1.82, 2.24) is 5.32 Å². The number of benzene rings is 4. The molecule has 4 rings (SSSR count). The molecule has 0 heterocycles. The van der Waals surface area contributed by atoms with Crippen molar-refractivity contribution in [3.63, 3.8) is 0 Å². The van der Waals surface area contributed by atoms with E-state index in [0.29, 0.717) is 5.92 Å². The second-order valence-corrected chi connectivity index (χ2v) is 8.55. The average molecular weight is 422 g/mol. The molecule has 0 bridgehead atoms. The highest BCUT2D eigenvalue weighted by Gasteiger charge is 2.35. The molecule has 4 aromatic rings. The van der Waals surface area contributed by atoms with Crippen LogP contribution in [0.3, 0.4) is 0 Å². The Balaban J connectivity index is 1.70. The lowest BCUT2D eigenvalue weighted by Gasteiger charge is -2.37. The largest absolute Gasteiger partial charge is 0.493 e. The van der Waals surface area contributed by atoms with Gasteiger partial charge in [0.15, 0.2) is 0 Å². The quantitative estimate of drug-likeness (QED) is 0.300. The summed E-state index contributed by atoms with van der Waals surface area (Å²) >= 11 is 0. The summed E-state index contributed by atoms with van der Waals surface area (Å²) in [5.74, 6) is 1.43. The van der Waals surface area contributed by atoms with E-state index in [1.165, 1.54) is 22.3 Å². The van der Waals surface area contributed by atoms with Gasteiger partial charge in [-0.2, -0.15) is 0 Å². The minimum Gasteiger partial charge on any atom is -0.493 e. The molecule has 0 spiro atoms. The molecule has 0 fully saturated rings. The zero-order chi connectivity index (χ0) is 22.2. The maximum atomic E-state index is 5.86. The van der Waals surface area contributed by atoms with Gasteiger partial charge in [0.05, 0.1) is 12.1 Å². The van der Waals surface area contributed by atoms with Crippen molar-refractivity contribution in [3.05, 3.63) is 138 Å². The van der Waals surface area contributed by atoms with Gasteiger partial charge in [-0.15, -0.1) is 0 Å². The number of hydrogen-bond acceptors (Lipinski definition) is 2. The topological polar surface area (TPSA) is 21.3 Å². The summed E-state index contributed by atoms with van der Waals surface area (Å²) < 4.78 is 5.86. The normalized spacial score (nSPS) is 11.5. The highest BCUT2D eigenvalue weighted by Crippen LogP contribution is 2.37. The van der Waals surface area contributed by atoms with E-state index < -0.39 is 5.54 Å². The molecule has 0 aliphatic carbocycles. The van der Waals surface area contributed by atoms with Crippen molar-refractivity contribution in [2.75, 3.05) is 6.61 Å². The Morgan fingerprint density at radius 2 is 1.06 bits per heavy atom. The first-order valence-corrected chi connectivity index (χ1v) is 11.3. The summed E-state index contributed by atoms with van der Waals surface area (Å²) in [5, 5.41) is 3.93. The van der Waals surface area contributed by atoms with Crippen LogP contribution in [0, 0.1) is 5.92 Å². The first-order valence-electron chi connectivity index (χ1n) is 11.3. The van der Waals surface area contributed by atoms with Crippen LogP contribution in [0.1, 0.15) is 36.1 Å². The second kappa shape index (κ2) is 10.3. The second-order valence-electron chi connectivity index (χ2n) is 8.55. The van der Waals surface area contributed by atoms with E-state index in [1.807, 2.05) is 0 Å². The fourth-order valence-corrected chi connectivity index (χ4v) is 4.07. The summed E-state index contributed by atoms with van der Waals surface area (Å²) in [6.45, 7) is 5.78. The fourth-order valence-electron chi connectivity index (χ4n) is 4.07. The maximum absolute atomic E-state index is 5.86. The van der Waals surface area contributed by atoms with Gasteiger partial charge < -0.3 is 4.74 Å². The lowest BCUT2D eigenvalue weighted by Crippen LogP contribution is -2.44. The van der Waals surface area contributed by atoms with Crippen molar-refractivity contribution in [2.24, 2.45) is 5.92 Å². The summed E-state index contributed by atoms with van der Waals surface area (Å²) in [6.07, 6.45) is 0. The molecule has 0 unspecified atom stereocenters. The third-order valence-electron chi connectivity index (χ3n) is 5.68. The molecular formula is C30H31NO. The SMILES string of the molecule is CC(C)COc1ccc(CNC(c2ccccc2)(c2ccccc2)c2ccccc2)cc1. The third kappa shape index (κ3) is 4.92. The van der Waals surface area contributed by atoms with E-state index in [4.69, 9.17) is 4.74 Å². The van der Waals surface area contributed by atoms with Crippen LogP contribution in [0.25, 0.3) is 0 Å². The van der Waals surface area contributed by atoms with Gasteiger partial charge in [-0.1, -0.05) is 117 Å². The third-order valence-corrected chi connectivity index (χ3v) is 5.68. The molecule has 0 aliphatic rings. The zero-order valence-corrected chi connectivity index (χ0v) is 18.9. The Bertz CT molecular complexity index is 977. The van der Waals surface area contributed by atoms with E-state index in [-0.39, 0.29) is 0 Å². The molecule has 32 heavy (non-hydrogen) atoms. The van der Waals surface area contributed by atoms with Gasteiger partial charge >= 0.3 is 0 Å². The van der Waals surface area contributed by atoms with Gasteiger partial charge in [-0.25, -0.2) is 0 Å². The highest BCUT2D eigenvalue weighted by atomic mass is 16.5. The molecule has 2 nitrogen and oxygen atoms in total. The zero-order valence-electron chi connectivity index (χ0n) is 18.9. The minimum absolute atomic E-state index is 0.462. The Morgan fingerprint density at radius 3 is 1.47 bits per heavy atom. The Kier molecular flexibility index (Phi) is 7.03. The number of ether oxygens (including phenoxy) is 1. The first kappa shape index (κ1) is 21.9.